The van der Waals surface area contributed by atoms with E-state index in [0.717, 1.165) is 0 Å². The zero-order valence-corrected chi connectivity index (χ0v) is 22.1. The number of aromatic nitrogens is 2. The van der Waals surface area contributed by atoms with E-state index in [4.69, 9.17) is 0 Å². The molecule has 0 atom stereocenters. The molecule has 0 fully saturated rings. The highest BCUT2D eigenvalue weighted by molar-refractivity contribution is 6.54. The Kier molecular flexibility index (Phi) is 5.38. The van der Waals surface area contributed by atoms with E-state index in [9.17, 15) is 0 Å². The summed E-state index contributed by atoms with van der Waals surface area (Å²) in [4.78, 5) is 0. The molecule has 0 aliphatic heterocycles. The molecule has 8 aromatic rings. The van der Waals surface area contributed by atoms with E-state index in [1.165, 1.54) is 55.0 Å². The van der Waals surface area contributed by atoms with Gasteiger partial charge >= 0.3 is 0 Å². The van der Waals surface area contributed by atoms with Crippen LogP contribution in [0, 0.1) is 0 Å². The molecule has 8 rings (SSSR count). The van der Waals surface area contributed by atoms with Crippen LogP contribution < -0.4 is 8.62 Å². The van der Waals surface area contributed by atoms with E-state index in [1.807, 2.05) is 0 Å². The number of hydrogen-bond donors (Lipinski definition) is 0. The summed E-state index contributed by atoms with van der Waals surface area (Å²) in [5.74, 6) is 4.71. The molecule has 0 amide bonds. The summed E-state index contributed by atoms with van der Waals surface area (Å²) >= 11 is 0. The van der Waals surface area contributed by atoms with Crippen molar-refractivity contribution in [1.29, 1.82) is 0 Å². The van der Waals surface area contributed by atoms with Gasteiger partial charge in [-0.05, 0) is 45.5 Å². The lowest BCUT2D eigenvalue weighted by molar-refractivity contribution is -0.450. The molecular weight excluding hydrogens is 482 g/mol. The Morgan fingerprint density at radius 2 is 0.800 bits per heavy atom. The van der Waals surface area contributed by atoms with Gasteiger partial charge in [0.1, 0.15) is 12.4 Å². The third-order valence-electron chi connectivity index (χ3n) is 8.33. The van der Waals surface area contributed by atoms with Crippen molar-refractivity contribution in [2.75, 3.05) is 0 Å². The highest BCUT2D eigenvalue weighted by Crippen LogP contribution is 2.31. The van der Waals surface area contributed by atoms with Crippen molar-refractivity contribution in [3.63, 3.8) is 0 Å². The normalized spacial score (nSPS) is 11.5. The van der Waals surface area contributed by atoms with Gasteiger partial charge in [-0.15, -0.1) is 10.6 Å². The second-order valence-corrected chi connectivity index (χ2v) is 10.6. The largest absolute Gasteiger partial charge is 0.425 e. The minimum atomic E-state index is 0.172. The van der Waals surface area contributed by atoms with E-state index in [1.54, 1.807) is 0 Å². The molecule has 0 spiro atoms. The number of nitrogens with zero attached hydrogens (tertiary/aromatic N) is 2. The van der Waals surface area contributed by atoms with E-state index in [0.29, 0.717) is 0 Å². The molecule has 0 bridgehead atoms. The van der Waals surface area contributed by atoms with Crippen LogP contribution in [0.25, 0.3) is 55.0 Å². The van der Waals surface area contributed by atoms with Crippen LogP contribution in [0.2, 0.25) is 0 Å². The molecule has 0 N–H and O–H groups in total. The third kappa shape index (κ3) is 3.76. The average molecular weight is 508 g/mol. The topological polar surface area (TPSA) is 8.20 Å². The van der Waals surface area contributed by atoms with E-state index in [-0.39, 0.29) is 12.6 Å². The Labute approximate surface area is 233 Å². The average Bonchev–Trinajstić information content (AvgIpc) is 3.04. The van der Waals surface area contributed by atoms with Gasteiger partial charge in [0, 0.05) is 24.3 Å². The van der Waals surface area contributed by atoms with Crippen LogP contribution >= 0.6 is 0 Å². The number of benzene rings is 2. The van der Waals surface area contributed by atoms with Gasteiger partial charge in [-0.1, -0.05) is 97.1 Å². The molecule has 2 aromatic carbocycles. The Hall–Kier alpha value is -4.95. The maximum Gasteiger partial charge on any atom is 0.229 e. The van der Waals surface area contributed by atoms with Crippen molar-refractivity contribution in [2.45, 2.75) is 0 Å². The summed E-state index contributed by atoms with van der Waals surface area (Å²) in [5.41, 5.74) is 10.0. The minimum absolute atomic E-state index is 0.172. The molecule has 2 nitrogen and oxygen atoms in total. The highest BCUT2D eigenvalue weighted by atomic mass is 14.8. The van der Waals surface area contributed by atoms with Crippen molar-refractivity contribution < 1.29 is 8.62 Å². The summed E-state index contributed by atoms with van der Waals surface area (Å²) < 4.78 is 4.73. The Morgan fingerprint density at radius 1 is 0.375 bits per heavy atom. The lowest BCUT2D eigenvalue weighted by Gasteiger charge is -2.18. The fourth-order valence-corrected chi connectivity index (χ4v) is 6.40. The van der Waals surface area contributed by atoms with Crippen molar-refractivity contribution in [1.82, 2.24) is 0 Å². The van der Waals surface area contributed by atoms with Crippen LogP contribution in [0.15, 0.2) is 158 Å². The predicted molar refractivity (Wildman–Crippen MR) is 167 cm³/mol. The van der Waals surface area contributed by atoms with Crippen LogP contribution in [0.1, 0.15) is 0 Å². The second-order valence-electron chi connectivity index (χ2n) is 10.6. The monoisotopic (exact) mass is 508 g/mol. The first-order valence-corrected chi connectivity index (χ1v) is 13.9. The fourth-order valence-electron chi connectivity index (χ4n) is 6.40. The minimum Gasteiger partial charge on any atom is -0.425 e. The molecule has 0 saturated heterocycles. The first-order valence-electron chi connectivity index (χ1n) is 13.9. The van der Waals surface area contributed by atoms with E-state index in [2.05, 4.69) is 166 Å². The van der Waals surface area contributed by atoms with Gasteiger partial charge in [0.2, 0.25) is 12.6 Å². The van der Waals surface area contributed by atoms with Crippen LogP contribution in [0.4, 0.5) is 0 Å². The summed E-state index contributed by atoms with van der Waals surface area (Å²) in [6.45, 7) is 0. The predicted octanol–water partition coefficient (Wildman–Crippen LogP) is 7.12. The molecule has 6 heterocycles. The van der Waals surface area contributed by atoms with Crippen LogP contribution in [0.5, 0.6) is 0 Å². The number of pyridine rings is 2. The first kappa shape index (κ1) is 23.0. The second kappa shape index (κ2) is 9.36. The molecule has 4 heteroatoms. The standard InChI is InChI=1S/C36H26B2N2/c1-3-11-27(12-4-1)33-25-31-15-7-9-21-39(31)37-19-17-29(23-35(33)37)30-18-20-38-36(24-30)34(28-13-5-2-6-14-28)26-32-16-8-10-22-40(32)38/h1-26H. The number of fused-ring (bicyclic) bond motifs is 6. The van der Waals surface area contributed by atoms with Crippen molar-refractivity contribution >= 4 is 34.2 Å². The zero-order valence-electron chi connectivity index (χ0n) is 22.1. The molecule has 186 valence electrons. The van der Waals surface area contributed by atoms with Crippen molar-refractivity contribution in [3.8, 4) is 33.4 Å². The zero-order chi connectivity index (χ0) is 26.5. The maximum atomic E-state index is 2.40. The smallest absolute Gasteiger partial charge is 0.229 e. The van der Waals surface area contributed by atoms with Gasteiger partial charge in [-0.25, -0.2) is 0 Å². The fraction of sp³-hybridized carbons (Fsp3) is 0. The van der Waals surface area contributed by atoms with Crippen LogP contribution in [0.3, 0.4) is 0 Å². The molecule has 0 aliphatic rings. The third-order valence-corrected chi connectivity index (χ3v) is 8.33. The summed E-state index contributed by atoms with van der Waals surface area (Å²) in [7, 11) is 0. The van der Waals surface area contributed by atoms with Crippen LogP contribution in [-0.4, -0.2) is 12.6 Å². The Balaban J connectivity index is 1.40. The molecule has 0 unspecified atom stereocenters. The van der Waals surface area contributed by atoms with Gasteiger partial charge in [0.25, 0.3) is 0 Å². The van der Waals surface area contributed by atoms with Gasteiger partial charge in [-0.3, -0.25) is 0 Å². The summed E-state index contributed by atoms with van der Waals surface area (Å²) in [6.07, 6.45) is 4.72. The lowest BCUT2D eigenvalue weighted by atomic mass is 9.71. The molecule has 40 heavy (non-hydrogen) atoms. The van der Waals surface area contributed by atoms with Crippen molar-refractivity contribution in [3.05, 3.63) is 158 Å². The Morgan fingerprint density at radius 3 is 1.25 bits per heavy atom. The van der Waals surface area contributed by atoms with Gasteiger partial charge in [0.15, 0.2) is 11.0 Å². The maximum absolute atomic E-state index is 2.40. The number of hydrogen-bond acceptors (Lipinski definition) is 0. The SMILES string of the molecule is c1ccc(-c2cc3cccc[n+]3[b-]3ccc(-c4cc[b-]5c(c4)c(-c4ccccc4)cc4cccc[n+]54)cc32)cc1. The van der Waals surface area contributed by atoms with E-state index >= 15 is 0 Å². The molecule has 0 aliphatic carbocycles. The molecule has 0 radical (unpaired) electrons. The van der Waals surface area contributed by atoms with Crippen molar-refractivity contribution in [2.24, 2.45) is 0 Å². The summed E-state index contributed by atoms with van der Waals surface area (Å²) in [6, 6.07) is 48.5. The van der Waals surface area contributed by atoms with Gasteiger partial charge < -0.3 is 8.62 Å². The van der Waals surface area contributed by atoms with E-state index < -0.39 is 0 Å². The summed E-state index contributed by atoms with van der Waals surface area (Å²) in [5, 5.41) is 2.66. The first-order chi connectivity index (χ1) is 19.8. The lowest BCUT2D eigenvalue weighted by Crippen LogP contribution is -2.32. The van der Waals surface area contributed by atoms with Gasteiger partial charge in [-0.2, -0.15) is 11.9 Å². The van der Waals surface area contributed by atoms with Crippen LogP contribution in [-0.2, 0) is 0 Å². The molecular formula is C36H26B2N2. The van der Waals surface area contributed by atoms with Gasteiger partial charge in [0.05, 0.1) is 0 Å². The molecule has 6 aromatic heterocycles. The quantitative estimate of drug-likeness (QED) is 0.225. The Bertz CT molecular complexity index is 2050. The molecule has 0 saturated carbocycles. The highest BCUT2D eigenvalue weighted by Gasteiger charge is 2.11. The number of rotatable bonds is 3.